The van der Waals surface area contributed by atoms with E-state index < -0.39 is 0 Å². The van der Waals surface area contributed by atoms with Crippen LogP contribution in [-0.4, -0.2) is 34.2 Å². The Balaban J connectivity index is 1.72. The van der Waals surface area contributed by atoms with Crippen LogP contribution in [0.5, 0.6) is 0 Å². The summed E-state index contributed by atoms with van der Waals surface area (Å²) < 4.78 is 8.26. The molecule has 2 aromatic rings. The average Bonchev–Trinajstić information content (AvgIpc) is 3.15. The normalized spacial score (nSPS) is 26.5. The molecule has 2 aliphatic heterocycles. The monoisotopic (exact) mass is 286 g/mol. The predicted octanol–water partition coefficient (Wildman–Crippen LogP) is 2.28. The Labute approximate surface area is 124 Å². The molecule has 2 saturated heterocycles. The second-order valence-corrected chi connectivity index (χ2v) is 6.13. The minimum absolute atomic E-state index is 0.114. The lowest BCUT2D eigenvalue weighted by Gasteiger charge is -2.26. The zero-order valence-electron chi connectivity index (χ0n) is 12.3. The van der Waals surface area contributed by atoms with Crippen LogP contribution in [0.1, 0.15) is 37.7 Å². The molecule has 0 spiro atoms. The van der Waals surface area contributed by atoms with E-state index >= 15 is 0 Å². The average molecular weight is 286 g/mol. The molecule has 0 aliphatic carbocycles. The van der Waals surface area contributed by atoms with E-state index in [4.69, 9.17) is 9.72 Å². The highest BCUT2D eigenvalue weighted by atomic mass is 16.5. The van der Waals surface area contributed by atoms with Crippen LogP contribution in [0, 0.1) is 5.92 Å². The lowest BCUT2D eigenvalue weighted by Crippen LogP contribution is -2.22. The molecule has 2 unspecified atom stereocenters. The first-order valence-electron chi connectivity index (χ1n) is 8.06. The first kappa shape index (κ1) is 13.2. The van der Waals surface area contributed by atoms with Gasteiger partial charge in [-0.1, -0.05) is 0 Å². The van der Waals surface area contributed by atoms with Crippen molar-refractivity contribution in [3.63, 3.8) is 0 Å². The minimum atomic E-state index is 0.114. The maximum Gasteiger partial charge on any atom is 0.162 e. The van der Waals surface area contributed by atoms with Crippen molar-refractivity contribution >= 4 is 11.2 Å². The second kappa shape index (κ2) is 5.73. The molecule has 2 atom stereocenters. The topological polar surface area (TPSA) is 52.0 Å². The van der Waals surface area contributed by atoms with Crippen molar-refractivity contribution in [3.8, 4) is 0 Å². The van der Waals surface area contributed by atoms with Gasteiger partial charge in [0.15, 0.2) is 5.65 Å². The Hall–Kier alpha value is -1.46. The molecule has 2 aromatic heterocycles. The largest absolute Gasteiger partial charge is 0.358 e. The summed E-state index contributed by atoms with van der Waals surface area (Å²) >= 11 is 0. The van der Waals surface area contributed by atoms with Crippen molar-refractivity contribution < 1.29 is 4.74 Å². The van der Waals surface area contributed by atoms with Gasteiger partial charge in [-0.3, -0.25) is 4.57 Å². The zero-order valence-corrected chi connectivity index (χ0v) is 12.3. The Morgan fingerprint density at radius 2 is 2.33 bits per heavy atom. The summed E-state index contributed by atoms with van der Waals surface area (Å²) in [5, 5.41) is 3.44. The standard InChI is InChI=1S/C16H22N4O/c1-2-9-21-15(5-1)20-14(10-12-6-8-17-11-12)19-13-4-3-7-18-16(13)20/h3-4,7,12,15,17H,1-2,5-6,8-11H2. The summed E-state index contributed by atoms with van der Waals surface area (Å²) in [7, 11) is 0. The molecule has 112 valence electrons. The molecule has 0 aromatic carbocycles. The van der Waals surface area contributed by atoms with Crippen molar-refractivity contribution in [1.82, 2.24) is 19.9 Å². The van der Waals surface area contributed by atoms with Gasteiger partial charge in [-0.05, 0) is 56.8 Å². The number of nitrogens with zero attached hydrogens (tertiary/aromatic N) is 3. The van der Waals surface area contributed by atoms with E-state index in [1.807, 2.05) is 12.3 Å². The molecular formula is C16H22N4O. The van der Waals surface area contributed by atoms with Crippen molar-refractivity contribution in [2.24, 2.45) is 5.92 Å². The van der Waals surface area contributed by atoms with Gasteiger partial charge < -0.3 is 10.1 Å². The molecule has 5 nitrogen and oxygen atoms in total. The third-order valence-corrected chi connectivity index (χ3v) is 4.60. The smallest absolute Gasteiger partial charge is 0.162 e. The molecule has 0 radical (unpaired) electrons. The number of ether oxygens (including phenoxy) is 1. The second-order valence-electron chi connectivity index (χ2n) is 6.13. The summed E-state index contributed by atoms with van der Waals surface area (Å²) in [5.74, 6) is 1.83. The number of imidazole rings is 1. The molecule has 2 aliphatic rings. The van der Waals surface area contributed by atoms with E-state index in [9.17, 15) is 0 Å². The van der Waals surface area contributed by atoms with E-state index in [1.54, 1.807) is 0 Å². The number of pyridine rings is 1. The van der Waals surface area contributed by atoms with Gasteiger partial charge in [0.25, 0.3) is 0 Å². The highest BCUT2D eigenvalue weighted by Crippen LogP contribution is 2.29. The Bertz CT molecular complexity index is 612. The maximum atomic E-state index is 6.00. The predicted molar refractivity (Wildman–Crippen MR) is 81.0 cm³/mol. The number of hydrogen-bond acceptors (Lipinski definition) is 4. The van der Waals surface area contributed by atoms with Crippen LogP contribution in [0.25, 0.3) is 11.2 Å². The minimum Gasteiger partial charge on any atom is -0.358 e. The molecule has 2 fully saturated rings. The Morgan fingerprint density at radius 3 is 3.14 bits per heavy atom. The van der Waals surface area contributed by atoms with Crippen LogP contribution in [0.15, 0.2) is 18.3 Å². The highest BCUT2D eigenvalue weighted by molar-refractivity contribution is 5.71. The van der Waals surface area contributed by atoms with E-state index in [2.05, 4.69) is 20.9 Å². The number of fused-ring (bicyclic) bond motifs is 1. The van der Waals surface area contributed by atoms with Crippen molar-refractivity contribution in [2.45, 2.75) is 38.3 Å². The van der Waals surface area contributed by atoms with Crippen LogP contribution in [0.3, 0.4) is 0 Å². The summed E-state index contributed by atoms with van der Waals surface area (Å²) in [6, 6.07) is 4.01. The van der Waals surface area contributed by atoms with Crippen molar-refractivity contribution in [2.75, 3.05) is 19.7 Å². The number of aromatic nitrogens is 3. The fourth-order valence-corrected chi connectivity index (χ4v) is 3.50. The van der Waals surface area contributed by atoms with Gasteiger partial charge in [-0.25, -0.2) is 9.97 Å². The first-order valence-corrected chi connectivity index (χ1v) is 8.06. The summed E-state index contributed by atoms with van der Waals surface area (Å²) in [6.07, 6.45) is 7.68. The molecule has 21 heavy (non-hydrogen) atoms. The zero-order chi connectivity index (χ0) is 14.1. The summed E-state index contributed by atoms with van der Waals surface area (Å²) in [6.45, 7) is 3.08. The van der Waals surface area contributed by atoms with Crippen LogP contribution in [0.4, 0.5) is 0 Å². The van der Waals surface area contributed by atoms with E-state index in [1.165, 1.54) is 19.3 Å². The van der Waals surface area contributed by atoms with Gasteiger partial charge in [0.2, 0.25) is 0 Å². The van der Waals surface area contributed by atoms with Crippen LogP contribution >= 0.6 is 0 Å². The fourth-order valence-electron chi connectivity index (χ4n) is 3.50. The van der Waals surface area contributed by atoms with E-state index in [-0.39, 0.29) is 6.23 Å². The number of hydrogen-bond donors (Lipinski definition) is 1. The summed E-state index contributed by atoms with van der Waals surface area (Å²) in [4.78, 5) is 9.40. The quantitative estimate of drug-likeness (QED) is 0.940. The first-order chi connectivity index (χ1) is 10.4. The van der Waals surface area contributed by atoms with Gasteiger partial charge in [0.05, 0.1) is 0 Å². The molecule has 4 heterocycles. The van der Waals surface area contributed by atoms with Crippen LogP contribution < -0.4 is 5.32 Å². The van der Waals surface area contributed by atoms with E-state index in [0.29, 0.717) is 5.92 Å². The molecule has 5 heteroatoms. The van der Waals surface area contributed by atoms with Crippen molar-refractivity contribution in [3.05, 3.63) is 24.2 Å². The van der Waals surface area contributed by atoms with Crippen LogP contribution in [0.2, 0.25) is 0 Å². The lowest BCUT2D eigenvalue weighted by molar-refractivity contribution is -0.0315. The highest BCUT2D eigenvalue weighted by Gasteiger charge is 2.25. The number of nitrogens with one attached hydrogen (secondary N) is 1. The third-order valence-electron chi connectivity index (χ3n) is 4.60. The third kappa shape index (κ3) is 2.56. The molecule has 0 bridgehead atoms. The molecular weight excluding hydrogens is 264 g/mol. The van der Waals surface area contributed by atoms with Gasteiger partial charge in [0.1, 0.15) is 17.6 Å². The maximum absolute atomic E-state index is 6.00. The van der Waals surface area contributed by atoms with Crippen LogP contribution in [-0.2, 0) is 11.2 Å². The molecule has 1 N–H and O–H groups in total. The molecule has 4 rings (SSSR count). The van der Waals surface area contributed by atoms with Crippen molar-refractivity contribution in [1.29, 1.82) is 0 Å². The Morgan fingerprint density at radius 1 is 1.33 bits per heavy atom. The Kier molecular flexibility index (Phi) is 3.61. The SMILES string of the molecule is c1cnc2c(c1)nc(CC1CCNC1)n2C1CCCCO1. The van der Waals surface area contributed by atoms with E-state index in [0.717, 1.165) is 49.5 Å². The molecule has 0 saturated carbocycles. The fraction of sp³-hybridized carbons (Fsp3) is 0.625. The lowest BCUT2D eigenvalue weighted by atomic mass is 10.0. The van der Waals surface area contributed by atoms with Gasteiger partial charge in [-0.15, -0.1) is 0 Å². The molecule has 0 amide bonds. The van der Waals surface area contributed by atoms with Gasteiger partial charge in [-0.2, -0.15) is 0 Å². The van der Waals surface area contributed by atoms with Gasteiger partial charge >= 0.3 is 0 Å². The number of rotatable bonds is 3. The van der Waals surface area contributed by atoms with Gasteiger partial charge in [0, 0.05) is 19.2 Å². The summed E-state index contributed by atoms with van der Waals surface area (Å²) in [5.41, 5.74) is 1.97.